The topological polar surface area (TPSA) is 26.0 Å². The predicted molar refractivity (Wildman–Crippen MR) is 84.2 cm³/mol. The highest BCUT2D eigenvalue weighted by molar-refractivity contribution is 14.1. The van der Waals surface area contributed by atoms with E-state index in [1.807, 2.05) is 30.3 Å². The third-order valence-corrected chi connectivity index (χ3v) is 4.58. The van der Waals surface area contributed by atoms with Gasteiger partial charge in [-0.05, 0) is 59.0 Å². The van der Waals surface area contributed by atoms with Crippen molar-refractivity contribution in [3.8, 4) is 0 Å². The van der Waals surface area contributed by atoms with Crippen LogP contribution in [0, 0.1) is 3.57 Å². The molecule has 5 heteroatoms. The van der Waals surface area contributed by atoms with Gasteiger partial charge < -0.3 is 5.73 Å². The smallest absolute Gasteiger partial charge is 0.0603 e. The van der Waals surface area contributed by atoms with Crippen molar-refractivity contribution in [1.82, 2.24) is 0 Å². The van der Waals surface area contributed by atoms with Gasteiger partial charge in [0.2, 0.25) is 0 Å². The summed E-state index contributed by atoms with van der Waals surface area (Å²) in [5.74, 6) is 0. The van der Waals surface area contributed by atoms with Crippen LogP contribution in [0.3, 0.4) is 0 Å². The molecule has 0 atom stereocenters. The Balaban J connectivity index is 2.28. The molecule has 0 bridgehead atoms. The van der Waals surface area contributed by atoms with Crippen LogP contribution in [-0.2, 0) is 0 Å². The molecule has 0 saturated heterocycles. The molecular weight excluding hydrogens is 388 g/mol. The third-order valence-electron chi connectivity index (χ3n) is 2.09. The lowest BCUT2D eigenvalue weighted by Gasteiger charge is -2.06. The van der Waals surface area contributed by atoms with Crippen molar-refractivity contribution in [2.24, 2.45) is 0 Å². The maximum Gasteiger partial charge on any atom is 0.0603 e. The summed E-state index contributed by atoms with van der Waals surface area (Å²) in [5.41, 5.74) is 6.72. The number of nitrogen functional groups attached to an aromatic ring is 1. The van der Waals surface area contributed by atoms with Gasteiger partial charge in [-0.2, -0.15) is 0 Å². The summed E-state index contributed by atoms with van der Waals surface area (Å²) in [6, 6.07) is 11.5. The van der Waals surface area contributed by atoms with Crippen molar-refractivity contribution in [1.29, 1.82) is 0 Å². The molecule has 0 fully saturated rings. The third kappa shape index (κ3) is 3.44. The van der Waals surface area contributed by atoms with Gasteiger partial charge in [0.1, 0.15) is 0 Å². The SMILES string of the molecule is Nc1cc(I)ccc1Sc1ccc(Cl)c(Cl)c1. The summed E-state index contributed by atoms with van der Waals surface area (Å²) in [5, 5.41) is 1.12. The van der Waals surface area contributed by atoms with Crippen LogP contribution in [0.1, 0.15) is 0 Å². The molecule has 0 saturated carbocycles. The Morgan fingerprint density at radius 3 is 2.41 bits per heavy atom. The highest BCUT2D eigenvalue weighted by Crippen LogP contribution is 2.35. The van der Waals surface area contributed by atoms with Crippen molar-refractivity contribution in [3.63, 3.8) is 0 Å². The van der Waals surface area contributed by atoms with Gasteiger partial charge in [0.05, 0.1) is 10.0 Å². The van der Waals surface area contributed by atoms with Crippen LogP contribution in [0.25, 0.3) is 0 Å². The number of anilines is 1. The van der Waals surface area contributed by atoms with Gasteiger partial charge in [0.15, 0.2) is 0 Å². The van der Waals surface area contributed by atoms with Crippen molar-refractivity contribution in [2.45, 2.75) is 9.79 Å². The maximum atomic E-state index is 5.97. The largest absolute Gasteiger partial charge is 0.398 e. The molecule has 0 spiro atoms. The van der Waals surface area contributed by atoms with Crippen LogP contribution < -0.4 is 5.73 Å². The zero-order chi connectivity index (χ0) is 12.4. The van der Waals surface area contributed by atoms with E-state index >= 15 is 0 Å². The van der Waals surface area contributed by atoms with E-state index < -0.39 is 0 Å². The van der Waals surface area contributed by atoms with Gasteiger partial charge in [0, 0.05) is 19.0 Å². The zero-order valence-electron chi connectivity index (χ0n) is 8.58. The first-order valence-corrected chi connectivity index (χ1v) is 7.39. The Labute approximate surface area is 128 Å². The summed E-state index contributed by atoms with van der Waals surface area (Å²) in [7, 11) is 0. The molecule has 0 amide bonds. The first-order chi connectivity index (χ1) is 8.06. The van der Waals surface area contributed by atoms with E-state index in [0.717, 1.165) is 19.0 Å². The van der Waals surface area contributed by atoms with Crippen molar-refractivity contribution >= 4 is 63.2 Å². The van der Waals surface area contributed by atoms with Crippen LogP contribution >= 0.6 is 57.6 Å². The molecule has 2 aromatic rings. The van der Waals surface area contributed by atoms with E-state index in [0.29, 0.717) is 10.0 Å². The van der Waals surface area contributed by atoms with Crippen LogP contribution in [0.2, 0.25) is 10.0 Å². The molecule has 2 aromatic carbocycles. The molecule has 0 aromatic heterocycles. The molecule has 2 rings (SSSR count). The molecule has 0 heterocycles. The number of halogens is 3. The van der Waals surface area contributed by atoms with Gasteiger partial charge in [-0.15, -0.1) is 0 Å². The van der Waals surface area contributed by atoms with Crippen LogP contribution in [0.15, 0.2) is 46.2 Å². The van der Waals surface area contributed by atoms with Crippen molar-refractivity contribution in [3.05, 3.63) is 50.0 Å². The lowest BCUT2D eigenvalue weighted by Crippen LogP contribution is -1.89. The quantitative estimate of drug-likeness (QED) is 0.549. The average Bonchev–Trinajstić information content (AvgIpc) is 2.27. The molecule has 2 N–H and O–H groups in total. The monoisotopic (exact) mass is 395 g/mol. The summed E-state index contributed by atoms with van der Waals surface area (Å²) < 4.78 is 1.12. The van der Waals surface area contributed by atoms with Gasteiger partial charge in [0.25, 0.3) is 0 Å². The molecular formula is C12H8Cl2INS. The minimum atomic E-state index is 0.556. The normalized spacial score (nSPS) is 10.5. The van der Waals surface area contributed by atoms with Crippen LogP contribution in [0.4, 0.5) is 5.69 Å². The lowest BCUT2D eigenvalue weighted by molar-refractivity contribution is 1.40. The van der Waals surface area contributed by atoms with Crippen LogP contribution in [0.5, 0.6) is 0 Å². The van der Waals surface area contributed by atoms with Gasteiger partial charge >= 0.3 is 0 Å². The highest BCUT2D eigenvalue weighted by Gasteiger charge is 2.04. The maximum absolute atomic E-state index is 5.97. The molecule has 0 aliphatic heterocycles. The lowest BCUT2D eigenvalue weighted by atomic mass is 10.3. The minimum Gasteiger partial charge on any atom is -0.398 e. The Bertz CT molecular complexity index is 560. The van der Waals surface area contributed by atoms with E-state index in [4.69, 9.17) is 28.9 Å². The summed E-state index contributed by atoms with van der Waals surface area (Å²) in [6.45, 7) is 0. The first-order valence-electron chi connectivity index (χ1n) is 4.74. The predicted octanol–water partition coefficient (Wildman–Crippen LogP) is 5.33. The summed E-state index contributed by atoms with van der Waals surface area (Å²) in [6.07, 6.45) is 0. The fourth-order valence-corrected chi connectivity index (χ4v) is 3.04. The molecule has 0 unspecified atom stereocenters. The molecule has 88 valence electrons. The molecule has 0 aliphatic carbocycles. The van der Waals surface area contributed by atoms with E-state index in [1.165, 1.54) is 0 Å². The molecule has 0 aliphatic rings. The Kier molecular flexibility index (Phi) is 4.47. The van der Waals surface area contributed by atoms with Gasteiger partial charge in [-0.25, -0.2) is 0 Å². The Hall–Kier alpha value is -0.100. The number of hydrogen-bond donors (Lipinski definition) is 1. The van der Waals surface area contributed by atoms with Crippen molar-refractivity contribution < 1.29 is 0 Å². The molecule has 1 nitrogen and oxygen atoms in total. The van der Waals surface area contributed by atoms with Crippen LogP contribution in [-0.4, -0.2) is 0 Å². The highest BCUT2D eigenvalue weighted by atomic mass is 127. The first kappa shape index (κ1) is 13.3. The summed E-state index contributed by atoms with van der Waals surface area (Å²) in [4.78, 5) is 2.04. The zero-order valence-corrected chi connectivity index (χ0v) is 13.1. The van der Waals surface area contributed by atoms with E-state index in [2.05, 4.69) is 22.6 Å². The van der Waals surface area contributed by atoms with Gasteiger partial charge in [-0.1, -0.05) is 35.0 Å². The van der Waals surface area contributed by atoms with Crippen molar-refractivity contribution in [2.75, 3.05) is 5.73 Å². The minimum absolute atomic E-state index is 0.556. The number of hydrogen-bond acceptors (Lipinski definition) is 2. The Morgan fingerprint density at radius 2 is 1.76 bits per heavy atom. The molecule has 17 heavy (non-hydrogen) atoms. The number of rotatable bonds is 2. The second kappa shape index (κ2) is 5.69. The summed E-state index contributed by atoms with van der Waals surface area (Å²) >= 11 is 15.6. The van der Waals surface area contributed by atoms with Gasteiger partial charge in [-0.3, -0.25) is 0 Å². The van der Waals surface area contributed by atoms with E-state index in [9.17, 15) is 0 Å². The van der Waals surface area contributed by atoms with E-state index in [1.54, 1.807) is 17.8 Å². The van der Waals surface area contributed by atoms with E-state index in [-0.39, 0.29) is 0 Å². The average molecular weight is 396 g/mol. The Morgan fingerprint density at radius 1 is 1.00 bits per heavy atom. The molecule has 0 radical (unpaired) electrons. The second-order valence-corrected chi connectivity index (χ2v) is 6.54. The number of nitrogens with two attached hydrogens (primary N) is 1. The second-order valence-electron chi connectivity index (χ2n) is 3.36. The fourth-order valence-electron chi connectivity index (χ4n) is 1.28. The fraction of sp³-hybridized carbons (Fsp3) is 0. The standard InChI is InChI=1S/C12H8Cl2INS/c13-9-3-2-8(6-10(9)14)17-12-4-1-7(15)5-11(12)16/h1-6H,16H2. The number of benzene rings is 2.